The lowest BCUT2D eigenvalue weighted by atomic mass is 10.0. The van der Waals surface area contributed by atoms with Crippen molar-refractivity contribution in [3.8, 4) is 0 Å². The van der Waals surface area contributed by atoms with Crippen molar-refractivity contribution in [1.29, 1.82) is 0 Å². The van der Waals surface area contributed by atoms with Crippen LogP contribution in [-0.2, 0) is 14.3 Å². The largest absolute Gasteiger partial charge is 0.466 e. The van der Waals surface area contributed by atoms with E-state index < -0.39 is 12.1 Å². The fraction of sp³-hybridized carbons (Fsp3) is 0.935. The molecule has 0 radical (unpaired) electrons. The first-order valence-corrected chi connectivity index (χ1v) is 30.9. The lowest BCUT2D eigenvalue weighted by Gasteiger charge is -2.22. The van der Waals surface area contributed by atoms with Crippen molar-refractivity contribution in [3.63, 3.8) is 0 Å². The van der Waals surface area contributed by atoms with Gasteiger partial charge >= 0.3 is 5.97 Å². The molecule has 0 aromatic heterocycles. The summed E-state index contributed by atoms with van der Waals surface area (Å²) in [5.41, 5.74) is 0. The van der Waals surface area contributed by atoms with Crippen molar-refractivity contribution in [3.05, 3.63) is 12.2 Å². The monoisotopic (exact) mass is 960 g/mol. The van der Waals surface area contributed by atoms with Crippen molar-refractivity contribution in [2.45, 2.75) is 360 Å². The lowest BCUT2D eigenvalue weighted by Crippen LogP contribution is -2.45. The molecule has 0 saturated heterocycles. The van der Waals surface area contributed by atoms with Crippen LogP contribution in [0.3, 0.4) is 0 Å². The summed E-state index contributed by atoms with van der Waals surface area (Å²) in [6, 6.07) is -0.550. The molecule has 0 fully saturated rings. The van der Waals surface area contributed by atoms with Gasteiger partial charge in [-0.2, -0.15) is 0 Å². The van der Waals surface area contributed by atoms with Crippen molar-refractivity contribution in [2.75, 3.05) is 13.2 Å². The second kappa shape index (κ2) is 58.2. The van der Waals surface area contributed by atoms with Gasteiger partial charge in [-0.15, -0.1) is 0 Å². The number of carbonyl (C=O) groups is 2. The zero-order valence-electron chi connectivity index (χ0n) is 46.1. The highest BCUT2D eigenvalue weighted by atomic mass is 16.5. The van der Waals surface area contributed by atoms with Gasteiger partial charge in [0.1, 0.15) is 0 Å². The molecule has 0 aliphatic carbocycles. The first-order valence-electron chi connectivity index (χ1n) is 30.9. The van der Waals surface area contributed by atoms with Crippen LogP contribution < -0.4 is 5.32 Å². The summed E-state index contributed by atoms with van der Waals surface area (Å²) in [5.74, 6) is -0.0408. The highest BCUT2D eigenvalue weighted by Gasteiger charge is 2.20. The minimum absolute atomic E-state index is 0.00341. The number of nitrogens with one attached hydrogen (secondary N) is 1. The van der Waals surface area contributed by atoms with Crippen LogP contribution in [-0.4, -0.2) is 47.4 Å². The van der Waals surface area contributed by atoms with E-state index in [0.717, 1.165) is 51.4 Å². The Balaban J connectivity index is 3.42. The van der Waals surface area contributed by atoms with Gasteiger partial charge in [0.25, 0.3) is 0 Å². The van der Waals surface area contributed by atoms with Crippen molar-refractivity contribution < 1.29 is 24.5 Å². The Morgan fingerprint density at radius 3 is 1.04 bits per heavy atom. The maximum Gasteiger partial charge on any atom is 0.305 e. The number of esters is 1. The number of hydrogen-bond donors (Lipinski definition) is 3. The lowest BCUT2D eigenvalue weighted by molar-refractivity contribution is -0.143. The third-order valence-corrected chi connectivity index (χ3v) is 14.6. The van der Waals surface area contributed by atoms with E-state index in [1.807, 2.05) is 0 Å². The average Bonchev–Trinajstić information content (AvgIpc) is 3.34. The molecule has 6 heteroatoms. The number of aliphatic hydroxyl groups excluding tert-OH is 2. The Bertz CT molecular complexity index is 1020. The fourth-order valence-electron chi connectivity index (χ4n) is 9.81. The number of rotatable bonds is 58. The predicted octanol–water partition coefficient (Wildman–Crippen LogP) is 19.2. The van der Waals surface area contributed by atoms with E-state index >= 15 is 0 Å². The summed E-state index contributed by atoms with van der Waals surface area (Å²) >= 11 is 0. The topological polar surface area (TPSA) is 95.9 Å². The van der Waals surface area contributed by atoms with Crippen molar-refractivity contribution >= 4 is 11.9 Å². The molecule has 0 rings (SSSR count). The normalized spacial score (nSPS) is 12.6. The molecule has 0 saturated carbocycles. The smallest absolute Gasteiger partial charge is 0.305 e. The van der Waals surface area contributed by atoms with Crippen molar-refractivity contribution in [2.24, 2.45) is 0 Å². The van der Waals surface area contributed by atoms with Gasteiger partial charge in [-0.25, -0.2) is 0 Å². The highest BCUT2D eigenvalue weighted by molar-refractivity contribution is 5.76. The van der Waals surface area contributed by atoms with E-state index in [-0.39, 0.29) is 18.5 Å². The van der Waals surface area contributed by atoms with Crippen LogP contribution >= 0.6 is 0 Å². The third-order valence-electron chi connectivity index (χ3n) is 14.6. The minimum atomic E-state index is -0.671. The molecule has 0 aromatic carbocycles. The van der Waals surface area contributed by atoms with Gasteiger partial charge in [0.2, 0.25) is 5.91 Å². The SMILES string of the molecule is CCCCCCCCCCCCCCCCCCCCC(=O)OCCCCCCCC/C=C\CCCCCCCCCC(=O)NC(CO)C(O)CCCCCCCCCCCCCCCCCC. The molecule has 404 valence electrons. The summed E-state index contributed by atoms with van der Waals surface area (Å²) in [5, 5.41) is 23.3. The van der Waals surface area contributed by atoms with E-state index in [1.54, 1.807) is 0 Å². The van der Waals surface area contributed by atoms with Gasteiger partial charge in [0, 0.05) is 12.8 Å². The molecule has 6 nitrogen and oxygen atoms in total. The van der Waals surface area contributed by atoms with E-state index in [9.17, 15) is 19.8 Å². The Morgan fingerprint density at radius 2 is 0.691 bits per heavy atom. The fourth-order valence-corrected chi connectivity index (χ4v) is 9.81. The van der Waals surface area contributed by atoms with E-state index in [4.69, 9.17) is 4.74 Å². The van der Waals surface area contributed by atoms with Crippen LogP contribution in [0.1, 0.15) is 348 Å². The molecule has 0 aromatic rings. The van der Waals surface area contributed by atoms with Crippen LogP contribution in [0.25, 0.3) is 0 Å². The van der Waals surface area contributed by atoms with Gasteiger partial charge in [-0.05, 0) is 51.4 Å². The first-order chi connectivity index (χ1) is 33.5. The molecule has 1 amide bonds. The summed E-state index contributed by atoms with van der Waals surface area (Å²) in [7, 11) is 0. The van der Waals surface area contributed by atoms with Crippen LogP contribution in [0.15, 0.2) is 12.2 Å². The molecule has 3 N–H and O–H groups in total. The maximum atomic E-state index is 12.5. The molecule has 0 heterocycles. The number of allylic oxidation sites excluding steroid dienone is 2. The molecule has 0 aliphatic rings. The zero-order valence-corrected chi connectivity index (χ0v) is 46.1. The van der Waals surface area contributed by atoms with Crippen LogP contribution in [0.2, 0.25) is 0 Å². The summed E-state index contributed by atoms with van der Waals surface area (Å²) in [4.78, 5) is 24.6. The number of unbranched alkanes of at least 4 members (excludes halogenated alkanes) is 45. The van der Waals surface area contributed by atoms with Crippen molar-refractivity contribution in [1.82, 2.24) is 5.32 Å². The van der Waals surface area contributed by atoms with Gasteiger partial charge in [0.05, 0.1) is 25.4 Å². The average molecular weight is 961 g/mol. The molecular formula is C62H121NO5. The van der Waals surface area contributed by atoms with Crippen LogP contribution in [0.5, 0.6) is 0 Å². The maximum absolute atomic E-state index is 12.5. The standard InChI is InChI=1S/C62H121NO5/c1-3-5-7-9-11-13-15-17-19-21-24-28-32-36-40-44-48-52-56-62(67)68-57-53-49-45-41-37-33-29-25-22-23-27-31-35-39-43-47-51-55-61(66)63-59(58-64)60(65)54-50-46-42-38-34-30-26-20-18-16-14-12-10-8-6-4-2/h22,25,59-60,64-65H,3-21,23-24,26-58H2,1-2H3,(H,63,66)/b25-22-. The van der Waals surface area contributed by atoms with Crippen LogP contribution in [0.4, 0.5) is 0 Å². The quantitative estimate of drug-likeness (QED) is 0.0321. The van der Waals surface area contributed by atoms with E-state index in [2.05, 4.69) is 31.3 Å². The van der Waals surface area contributed by atoms with E-state index in [1.165, 1.54) is 263 Å². The Hall–Kier alpha value is -1.40. The number of hydrogen-bond acceptors (Lipinski definition) is 5. The Morgan fingerprint density at radius 1 is 0.397 bits per heavy atom. The second-order valence-corrected chi connectivity index (χ2v) is 21.4. The second-order valence-electron chi connectivity index (χ2n) is 21.4. The Labute approximate surface area is 425 Å². The van der Waals surface area contributed by atoms with Gasteiger partial charge in [-0.1, -0.05) is 296 Å². The molecule has 0 aliphatic heterocycles. The number of carbonyl (C=O) groups excluding carboxylic acids is 2. The molecule has 0 spiro atoms. The van der Waals surface area contributed by atoms with E-state index in [0.29, 0.717) is 25.9 Å². The Kier molecular flexibility index (Phi) is 57.0. The molecule has 0 bridgehead atoms. The minimum Gasteiger partial charge on any atom is -0.466 e. The number of ether oxygens (including phenoxy) is 1. The number of aliphatic hydroxyl groups is 2. The molecule has 2 unspecified atom stereocenters. The molecule has 2 atom stereocenters. The predicted molar refractivity (Wildman–Crippen MR) is 297 cm³/mol. The molecule has 68 heavy (non-hydrogen) atoms. The van der Waals surface area contributed by atoms with Crippen LogP contribution in [0, 0.1) is 0 Å². The zero-order chi connectivity index (χ0) is 49.3. The molecular weight excluding hydrogens is 839 g/mol. The summed E-state index contributed by atoms with van der Waals surface area (Å²) in [6.07, 6.45) is 69.3. The van der Waals surface area contributed by atoms with Gasteiger partial charge < -0.3 is 20.3 Å². The first kappa shape index (κ1) is 66.6. The summed E-state index contributed by atoms with van der Waals surface area (Å²) < 4.78 is 5.49. The highest BCUT2D eigenvalue weighted by Crippen LogP contribution is 2.18. The summed E-state index contributed by atoms with van der Waals surface area (Å²) in [6.45, 7) is 4.96. The number of amides is 1. The third kappa shape index (κ3) is 53.9. The van der Waals surface area contributed by atoms with Gasteiger partial charge in [-0.3, -0.25) is 9.59 Å². The van der Waals surface area contributed by atoms with Gasteiger partial charge in [0.15, 0.2) is 0 Å².